The van der Waals surface area contributed by atoms with Gasteiger partial charge in [-0.2, -0.15) is 5.10 Å². The van der Waals surface area contributed by atoms with Gasteiger partial charge in [0, 0.05) is 25.4 Å². The van der Waals surface area contributed by atoms with E-state index < -0.39 is 0 Å². The van der Waals surface area contributed by atoms with Gasteiger partial charge in [0.15, 0.2) is 0 Å². The third-order valence-corrected chi connectivity index (χ3v) is 2.09. The van der Waals surface area contributed by atoms with Gasteiger partial charge in [-0.3, -0.25) is 9.89 Å². The summed E-state index contributed by atoms with van der Waals surface area (Å²) in [5, 5.41) is 6.34. The predicted molar refractivity (Wildman–Crippen MR) is 53.1 cm³/mol. The van der Waals surface area contributed by atoms with Crippen LogP contribution in [0.3, 0.4) is 0 Å². The van der Waals surface area contributed by atoms with E-state index in [1.807, 2.05) is 6.07 Å². The lowest BCUT2D eigenvalue weighted by Gasteiger charge is -2.14. The number of hydrogen-bond donors (Lipinski definition) is 1. The summed E-state index contributed by atoms with van der Waals surface area (Å²) >= 11 is 0. The third kappa shape index (κ3) is 2.07. The normalized spacial score (nSPS) is 10.2. The molecule has 2 heterocycles. The molecule has 2 rings (SSSR count). The van der Waals surface area contributed by atoms with E-state index in [0.717, 1.165) is 5.56 Å². The molecular weight excluding hydrogens is 194 g/mol. The molecule has 0 saturated carbocycles. The van der Waals surface area contributed by atoms with Gasteiger partial charge in [-0.15, -0.1) is 0 Å². The second kappa shape index (κ2) is 4.00. The molecular formula is C10H11N3O2. The second-order valence-electron chi connectivity index (χ2n) is 3.28. The van der Waals surface area contributed by atoms with E-state index in [2.05, 4.69) is 10.2 Å². The summed E-state index contributed by atoms with van der Waals surface area (Å²) in [4.78, 5) is 13.4. The van der Waals surface area contributed by atoms with Gasteiger partial charge >= 0.3 is 0 Å². The Kier molecular flexibility index (Phi) is 2.53. The summed E-state index contributed by atoms with van der Waals surface area (Å²) in [6.45, 7) is 0.528. The Morgan fingerprint density at radius 1 is 1.67 bits per heavy atom. The quantitative estimate of drug-likeness (QED) is 0.820. The minimum Gasteiger partial charge on any atom is -0.472 e. The van der Waals surface area contributed by atoms with E-state index >= 15 is 0 Å². The van der Waals surface area contributed by atoms with Crippen LogP contribution in [0.1, 0.15) is 15.9 Å². The van der Waals surface area contributed by atoms with Gasteiger partial charge in [-0.1, -0.05) is 0 Å². The molecule has 0 aliphatic carbocycles. The molecule has 0 spiro atoms. The van der Waals surface area contributed by atoms with Crippen LogP contribution in [0.4, 0.5) is 0 Å². The fourth-order valence-electron chi connectivity index (χ4n) is 1.32. The first-order valence-corrected chi connectivity index (χ1v) is 4.52. The number of furan rings is 1. The van der Waals surface area contributed by atoms with Crippen LogP contribution in [0.5, 0.6) is 0 Å². The van der Waals surface area contributed by atoms with E-state index in [1.54, 1.807) is 30.7 Å². The van der Waals surface area contributed by atoms with Crippen LogP contribution in [0.15, 0.2) is 35.4 Å². The van der Waals surface area contributed by atoms with Crippen molar-refractivity contribution in [3.8, 4) is 0 Å². The lowest BCUT2D eigenvalue weighted by molar-refractivity contribution is 0.0785. The number of aromatic amines is 1. The summed E-state index contributed by atoms with van der Waals surface area (Å²) in [5.41, 5.74) is 1.52. The van der Waals surface area contributed by atoms with Crippen molar-refractivity contribution in [2.75, 3.05) is 7.05 Å². The molecule has 2 aromatic heterocycles. The van der Waals surface area contributed by atoms with Gasteiger partial charge in [-0.25, -0.2) is 0 Å². The maximum atomic E-state index is 11.8. The maximum Gasteiger partial charge on any atom is 0.257 e. The Labute approximate surface area is 86.7 Å². The van der Waals surface area contributed by atoms with Gasteiger partial charge in [0.25, 0.3) is 5.91 Å². The zero-order chi connectivity index (χ0) is 10.7. The topological polar surface area (TPSA) is 62.1 Å². The Hall–Kier alpha value is -2.04. The Bertz CT molecular complexity index is 419. The molecule has 0 unspecified atom stereocenters. The van der Waals surface area contributed by atoms with Crippen LogP contribution in [0.2, 0.25) is 0 Å². The van der Waals surface area contributed by atoms with Crippen molar-refractivity contribution in [2.24, 2.45) is 0 Å². The van der Waals surface area contributed by atoms with Crippen molar-refractivity contribution in [3.05, 3.63) is 42.1 Å². The minimum atomic E-state index is -0.0649. The Morgan fingerprint density at radius 2 is 2.53 bits per heavy atom. The standard InChI is InChI=1S/C10H11N3O2/c1-13(6-8-2-3-15-7-8)10(14)9-4-11-12-5-9/h2-5,7H,6H2,1H3,(H,11,12). The fourth-order valence-corrected chi connectivity index (χ4v) is 1.32. The molecule has 0 radical (unpaired) electrons. The molecule has 5 nitrogen and oxygen atoms in total. The van der Waals surface area contributed by atoms with Crippen LogP contribution in [0.25, 0.3) is 0 Å². The molecule has 0 aromatic carbocycles. The summed E-state index contributed by atoms with van der Waals surface area (Å²) in [6, 6.07) is 1.83. The molecule has 1 amide bonds. The average Bonchev–Trinajstić information content (AvgIpc) is 2.88. The summed E-state index contributed by atoms with van der Waals surface area (Å²) in [7, 11) is 1.74. The lowest BCUT2D eigenvalue weighted by atomic mass is 10.3. The van der Waals surface area contributed by atoms with E-state index in [0.29, 0.717) is 12.1 Å². The van der Waals surface area contributed by atoms with Crippen molar-refractivity contribution in [3.63, 3.8) is 0 Å². The van der Waals surface area contributed by atoms with Crippen LogP contribution in [0, 0.1) is 0 Å². The van der Waals surface area contributed by atoms with Gasteiger partial charge in [0.2, 0.25) is 0 Å². The maximum absolute atomic E-state index is 11.8. The van der Waals surface area contributed by atoms with Crippen LogP contribution in [-0.2, 0) is 6.54 Å². The smallest absolute Gasteiger partial charge is 0.257 e. The SMILES string of the molecule is CN(Cc1ccoc1)C(=O)c1cn[nH]c1. The number of amides is 1. The first-order chi connectivity index (χ1) is 7.27. The summed E-state index contributed by atoms with van der Waals surface area (Å²) < 4.78 is 4.93. The Morgan fingerprint density at radius 3 is 3.13 bits per heavy atom. The van der Waals surface area contributed by atoms with Crippen LogP contribution in [-0.4, -0.2) is 28.1 Å². The molecule has 0 fully saturated rings. The molecule has 0 saturated heterocycles. The van der Waals surface area contributed by atoms with Crippen LogP contribution < -0.4 is 0 Å². The van der Waals surface area contributed by atoms with Crippen molar-refractivity contribution < 1.29 is 9.21 Å². The van der Waals surface area contributed by atoms with E-state index in [1.165, 1.54) is 6.20 Å². The monoisotopic (exact) mass is 205 g/mol. The van der Waals surface area contributed by atoms with E-state index in [-0.39, 0.29) is 5.91 Å². The number of H-pyrrole nitrogens is 1. The molecule has 0 bridgehead atoms. The van der Waals surface area contributed by atoms with E-state index in [9.17, 15) is 4.79 Å². The first-order valence-electron chi connectivity index (χ1n) is 4.52. The highest BCUT2D eigenvalue weighted by Gasteiger charge is 2.12. The number of carbonyl (C=O) groups excluding carboxylic acids is 1. The number of nitrogens with one attached hydrogen (secondary N) is 1. The number of carbonyl (C=O) groups is 1. The molecule has 2 aromatic rings. The third-order valence-electron chi connectivity index (χ3n) is 2.09. The molecule has 1 N–H and O–H groups in total. The second-order valence-corrected chi connectivity index (χ2v) is 3.28. The number of hydrogen-bond acceptors (Lipinski definition) is 3. The minimum absolute atomic E-state index is 0.0649. The van der Waals surface area contributed by atoms with Crippen molar-refractivity contribution in [1.82, 2.24) is 15.1 Å². The summed E-state index contributed by atoms with van der Waals surface area (Å²) in [6.07, 6.45) is 6.30. The van der Waals surface area contributed by atoms with Gasteiger partial charge in [0.05, 0.1) is 24.3 Å². The van der Waals surface area contributed by atoms with E-state index in [4.69, 9.17) is 4.42 Å². The zero-order valence-corrected chi connectivity index (χ0v) is 8.30. The lowest BCUT2D eigenvalue weighted by Crippen LogP contribution is -2.25. The first kappa shape index (κ1) is 9.51. The van der Waals surface area contributed by atoms with Crippen molar-refractivity contribution in [1.29, 1.82) is 0 Å². The predicted octanol–water partition coefficient (Wildman–Crippen LogP) is 1.27. The number of nitrogens with zero attached hydrogens (tertiary/aromatic N) is 2. The van der Waals surface area contributed by atoms with Gasteiger partial charge < -0.3 is 9.32 Å². The number of aromatic nitrogens is 2. The largest absolute Gasteiger partial charge is 0.472 e. The highest BCUT2D eigenvalue weighted by Crippen LogP contribution is 2.07. The van der Waals surface area contributed by atoms with Crippen molar-refractivity contribution in [2.45, 2.75) is 6.54 Å². The van der Waals surface area contributed by atoms with Gasteiger partial charge in [0.1, 0.15) is 0 Å². The Balaban J connectivity index is 2.03. The van der Waals surface area contributed by atoms with Crippen LogP contribution >= 0.6 is 0 Å². The molecule has 0 atom stereocenters. The molecule has 0 aliphatic rings. The van der Waals surface area contributed by atoms with Gasteiger partial charge in [-0.05, 0) is 6.07 Å². The average molecular weight is 205 g/mol. The highest BCUT2D eigenvalue weighted by molar-refractivity contribution is 5.93. The summed E-state index contributed by atoms with van der Waals surface area (Å²) in [5.74, 6) is -0.0649. The highest BCUT2D eigenvalue weighted by atomic mass is 16.3. The molecule has 0 aliphatic heterocycles. The molecule has 15 heavy (non-hydrogen) atoms. The zero-order valence-electron chi connectivity index (χ0n) is 8.30. The number of rotatable bonds is 3. The fraction of sp³-hybridized carbons (Fsp3) is 0.200. The van der Waals surface area contributed by atoms with Crippen molar-refractivity contribution >= 4 is 5.91 Å². The molecule has 5 heteroatoms. The molecule has 78 valence electrons.